The second-order valence-electron chi connectivity index (χ2n) is 1.75. The van der Waals surface area contributed by atoms with Crippen molar-refractivity contribution in [2.24, 2.45) is 0 Å². The predicted molar refractivity (Wildman–Crippen MR) is 32.7 cm³/mol. The Kier molecular flexibility index (Phi) is 1.72. The van der Waals surface area contributed by atoms with Gasteiger partial charge in [0.2, 0.25) is 0 Å². The largest absolute Gasteiger partial charge is 0.184 e. The van der Waals surface area contributed by atoms with Gasteiger partial charge in [-0.2, -0.15) is 0 Å². The first kappa shape index (κ1) is 6.09. The van der Waals surface area contributed by atoms with Crippen LogP contribution in [0.3, 0.4) is 0 Å². The maximum absolute atomic E-state index is 4.08. The van der Waals surface area contributed by atoms with Gasteiger partial charge in [0.1, 0.15) is 6.42 Å². The summed E-state index contributed by atoms with van der Waals surface area (Å²) in [4.78, 5) is 0. The van der Waals surface area contributed by atoms with Gasteiger partial charge in [0, 0.05) is 0 Å². The minimum Gasteiger partial charge on any atom is -0.121 e. The lowest BCUT2D eigenvalue weighted by atomic mass is 10.1. The Balaban J connectivity index is 3.17. The fourth-order valence-corrected chi connectivity index (χ4v) is 0. The number of hydrogen-bond acceptors (Lipinski definition) is 1. The van der Waals surface area contributed by atoms with E-state index in [1.54, 1.807) is 0 Å². The smallest absolute Gasteiger partial charge is 0.121 e. The third-order valence-electron chi connectivity index (χ3n) is 0.539. The monoisotopic (exact) mass is 102 g/mol. The molecule has 1 heteroatoms. The van der Waals surface area contributed by atoms with Crippen LogP contribution in [-0.4, -0.2) is 4.75 Å². The molecule has 1 unspecified atom stereocenters. The first-order valence-corrected chi connectivity index (χ1v) is 2.38. The highest BCUT2D eigenvalue weighted by Crippen LogP contribution is 2.13. The van der Waals surface area contributed by atoms with Gasteiger partial charge in [-0.25, -0.2) is 0 Å². The van der Waals surface area contributed by atoms with Crippen molar-refractivity contribution in [2.75, 3.05) is 0 Å². The van der Waals surface area contributed by atoms with Crippen LogP contribution in [-0.2, 0) is 0 Å². The lowest BCUT2D eigenvalue weighted by molar-refractivity contribution is 0.807. The lowest BCUT2D eigenvalue weighted by Crippen LogP contribution is -2.06. The van der Waals surface area contributed by atoms with Gasteiger partial charge < -0.3 is 0 Å². The zero-order chi connectivity index (χ0) is 5.21. The molecule has 0 aliphatic rings. The molecule has 1 atom stereocenters. The van der Waals surface area contributed by atoms with E-state index >= 15 is 0 Å². The fourth-order valence-electron chi connectivity index (χ4n) is 0. The van der Waals surface area contributed by atoms with Crippen LogP contribution in [0.15, 0.2) is 0 Å². The predicted octanol–water partition coefficient (Wildman–Crippen LogP) is 1.73. The van der Waals surface area contributed by atoms with Gasteiger partial charge in [-0.1, -0.05) is 0 Å². The van der Waals surface area contributed by atoms with Crippen LogP contribution in [0.2, 0.25) is 0 Å². The van der Waals surface area contributed by atoms with Crippen LogP contribution in [0, 0.1) is 13.8 Å². The molecule has 0 aromatic heterocycles. The molecule has 0 aliphatic heterocycles. The van der Waals surface area contributed by atoms with Crippen molar-refractivity contribution in [3.63, 3.8) is 0 Å². The highest BCUT2D eigenvalue weighted by Gasteiger charge is 2.19. The van der Waals surface area contributed by atoms with E-state index in [2.05, 4.69) is 26.5 Å². The molecular formula is C5H10S+2. The summed E-state index contributed by atoms with van der Waals surface area (Å²) in [6, 6.07) is 0. The van der Waals surface area contributed by atoms with Crippen molar-refractivity contribution in [3.05, 3.63) is 13.8 Å². The van der Waals surface area contributed by atoms with Gasteiger partial charge in [-0.05, 0) is 6.92 Å². The molecule has 34 valence electrons. The maximum atomic E-state index is 4.08. The summed E-state index contributed by atoms with van der Waals surface area (Å²) in [7, 11) is 0. The Morgan fingerprint density at radius 2 is 2.00 bits per heavy atom. The van der Waals surface area contributed by atoms with E-state index in [0.29, 0.717) is 0 Å². The van der Waals surface area contributed by atoms with Gasteiger partial charge in [-0.15, -0.1) is 12.6 Å². The standard InChI is InChI=1S/C5H9S/c1-4-5(2,3)6/h1-2,4H2,3H3/q+1/p+1. The third kappa shape index (κ3) is 4.09. The summed E-state index contributed by atoms with van der Waals surface area (Å²) in [6.07, 6.45) is 0.774. The fraction of sp³-hybridized carbons (Fsp3) is 0.600. The van der Waals surface area contributed by atoms with Crippen molar-refractivity contribution in [2.45, 2.75) is 18.1 Å². The third-order valence-corrected chi connectivity index (χ3v) is 0.762. The van der Waals surface area contributed by atoms with E-state index in [1.165, 1.54) is 0 Å². The highest BCUT2D eigenvalue weighted by atomic mass is 32.1. The Hall–Kier alpha value is 0.0900. The highest BCUT2D eigenvalue weighted by molar-refractivity contribution is 7.81. The van der Waals surface area contributed by atoms with Crippen molar-refractivity contribution < 1.29 is 0 Å². The molecule has 0 heterocycles. The summed E-state index contributed by atoms with van der Waals surface area (Å²) >= 11 is 4.08. The summed E-state index contributed by atoms with van der Waals surface area (Å²) in [5, 5.41) is 0. The summed E-state index contributed by atoms with van der Waals surface area (Å²) in [5.41, 5.74) is 0. The molecule has 0 bridgehead atoms. The van der Waals surface area contributed by atoms with E-state index < -0.39 is 0 Å². The topological polar surface area (TPSA) is 0 Å². The Morgan fingerprint density at radius 1 is 1.83 bits per heavy atom. The molecule has 0 saturated carbocycles. The molecule has 0 saturated heterocycles. The SMILES string of the molecule is [CH2+]CC([CH2+])(C)S. The van der Waals surface area contributed by atoms with Crippen LogP contribution in [0.1, 0.15) is 13.3 Å². The molecule has 0 nitrogen and oxygen atoms in total. The molecule has 0 amide bonds. The molecule has 0 rings (SSSR count). The lowest BCUT2D eigenvalue weighted by Gasteiger charge is -1.97. The first-order chi connectivity index (χ1) is 2.56. The minimum absolute atomic E-state index is 0.125. The molecule has 6 heavy (non-hydrogen) atoms. The van der Waals surface area contributed by atoms with Crippen LogP contribution >= 0.6 is 12.6 Å². The van der Waals surface area contributed by atoms with E-state index in [9.17, 15) is 0 Å². The van der Waals surface area contributed by atoms with Crippen LogP contribution < -0.4 is 0 Å². The van der Waals surface area contributed by atoms with E-state index in [-0.39, 0.29) is 4.75 Å². The summed E-state index contributed by atoms with van der Waals surface area (Å²) in [5.74, 6) is 0. The van der Waals surface area contributed by atoms with Crippen LogP contribution in [0.25, 0.3) is 0 Å². The number of hydrogen-bond donors (Lipinski definition) is 1. The van der Waals surface area contributed by atoms with Gasteiger partial charge in [-0.3, -0.25) is 0 Å². The second-order valence-corrected chi connectivity index (χ2v) is 2.83. The quantitative estimate of drug-likeness (QED) is 0.378. The van der Waals surface area contributed by atoms with Crippen LogP contribution in [0.5, 0.6) is 0 Å². The number of thiol groups is 1. The normalized spacial score (nSPS) is 19.7. The molecule has 0 aromatic carbocycles. The summed E-state index contributed by atoms with van der Waals surface area (Å²) < 4.78 is -0.125. The Labute approximate surface area is 45.4 Å². The van der Waals surface area contributed by atoms with E-state index in [1.807, 2.05) is 6.92 Å². The van der Waals surface area contributed by atoms with Crippen molar-refractivity contribution >= 4 is 12.6 Å². The zero-order valence-corrected chi connectivity index (χ0v) is 4.96. The maximum Gasteiger partial charge on any atom is 0.184 e. The minimum atomic E-state index is -0.125. The first-order valence-electron chi connectivity index (χ1n) is 1.93. The Bertz CT molecular complexity index is 33.7. The molecule has 0 radical (unpaired) electrons. The summed E-state index contributed by atoms with van der Waals surface area (Å²) in [6.45, 7) is 9.24. The van der Waals surface area contributed by atoms with Crippen molar-refractivity contribution in [1.29, 1.82) is 0 Å². The van der Waals surface area contributed by atoms with E-state index in [4.69, 9.17) is 0 Å². The number of rotatable bonds is 1. The molecule has 0 N–H and O–H groups in total. The molecule has 0 aliphatic carbocycles. The molecule has 0 spiro atoms. The average Bonchev–Trinajstić information content (AvgIpc) is 1.35. The average molecular weight is 102 g/mol. The van der Waals surface area contributed by atoms with Gasteiger partial charge in [0.15, 0.2) is 4.75 Å². The van der Waals surface area contributed by atoms with Gasteiger partial charge in [0.05, 0.1) is 13.8 Å². The molecule has 0 fully saturated rings. The second kappa shape index (κ2) is 1.69. The van der Waals surface area contributed by atoms with Crippen molar-refractivity contribution in [3.8, 4) is 0 Å². The molecular weight excluding hydrogens is 92.1 g/mol. The van der Waals surface area contributed by atoms with Crippen LogP contribution in [0.4, 0.5) is 0 Å². The van der Waals surface area contributed by atoms with E-state index in [0.717, 1.165) is 6.42 Å². The zero-order valence-electron chi connectivity index (χ0n) is 4.07. The van der Waals surface area contributed by atoms with Gasteiger partial charge >= 0.3 is 0 Å². The Morgan fingerprint density at radius 3 is 2.00 bits per heavy atom. The van der Waals surface area contributed by atoms with Gasteiger partial charge in [0.25, 0.3) is 0 Å². The molecule has 0 aromatic rings. The van der Waals surface area contributed by atoms with Crippen molar-refractivity contribution in [1.82, 2.24) is 0 Å².